The van der Waals surface area contributed by atoms with Gasteiger partial charge in [0.15, 0.2) is 0 Å². The van der Waals surface area contributed by atoms with E-state index in [1.807, 2.05) is 0 Å². The van der Waals surface area contributed by atoms with E-state index in [-0.39, 0.29) is 18.3 Å². The molecule has 0 aromatic carbocycles. The molecular formula is C16H31N3O5S. The van der Waals surface area contributed by atoms with Crippen LogP contribution in [0.15, 0.2) is 0 Å². The van der Waals surface area contributed by atoms with Gasteiger partial charge in [0.1, 0.15) is 0 Å². The van der Waals surface area contributed by atoms with Gasteiger partial charge in [0.25, 0.3) is 0 Å². The number of hydrogen-bond donors (Lipinski definition) is 0. The van der Waals surface area contributed by atoms with Crippen molar-refractivity contribution in [3.05, 3.63) is 0 Å². The number of likely N-dealkylation sites (tertiary alicyclic amines) is 1. The van der Waals surface area contributed by atoms with E-state index in [9.17, 15) is 13.2 Å². The number of methoxy groups -OCH3 is 1. The van der Waals surface area contributed by atoms with Gasteiger partial charge in [-0.15, -0.1) is 0 Å². The number of nitrogens with zero attached hydrogens (tertiary/aromatic N) is 3. The molecule has 0 aromatic rings. The second-order valence-corrected chi connectivity index (χ2v) is 8.59. The second kappa shape index (κ2) is 10.4. The Balaban J connectivity index is 1.66. The largest absolute Gasteiger partial charge is 0.382 e. The summed E-state index contributed by atoms with van der Waals surface area (Å²) >= 11 is 0. The van der Waals surface area contributed by atoms with Crippen molar-refractivity contribution in [3.63, 3.8) is 0 Å². The average molecular weight is 378 g/mol. The van der Waals surface area contributed by atoms with Crippen molar-refractivity contribution < 1.29 is 22.7 Å². The Morgan fingerprint density at radius 3 is 2.28 bits per heavy atom. The number of amides is 1. The lowest BCUT2D eigenvalue weighted by Gasteiger charge is -2.34. The zero-order valence-corrected chi connectivity index (χ0v) is 16.0. The number of carbonyl (C=O) groups is 1. The molecule has 146 valence electrons. The molecule has 2 rings (SSSR count). The number of piperazine rings is 1. The first-order valence-corrected chi connectivity index (χ1v) is 10.7. The molecule has 1 amide bonds. The van der Waals surface area contributed by atoms with Crippen LogP contribution in [0.25, 0.3) is 0 Å². The fourth-order valence-electron chi connectivity index (χ4n) is 3.17. The molecule has 25 heavy (non-hydrogen) atoms. The lowest BCUT2D eigenvalue weighted by molar-refractivity contribution is -0.132. The van der Waals surface area contributed by atoms with Crippen molar-refractivity contribution in [2.45, 2.75) is 19.3 Å². The SMILES string of the molecule is COCCOCCS(=O)(=O)N1CCN(C(=O)CCN2CCCC2)CC1. The molecule has 0 spiro atoms. The summed E-state index contributed by atoms with van der Waals surface area (Å²) in [5.41, 5.74) is 0. The van der Waals surface area contributed by atoms with Gasteiger partial charge in [-0.05, 0) is 25.9 Å². The molecule has 2 aliphatic heterocycles. The molecule has 2 aliphatic rings. The van der Waals surface area contributed by atoms with Gasteiger partial charge in [-0.2, -0.15) is 4.31 Å². The van der Waals surface area contributed by atoms with Crippen LogP contribution in [0.3, 0.4) is 0 Å². The van der Waals surface area contributed by atoms with E-state index in [0.717, 1.165) is 19.6 Å². The molecule has 0 atom stereocenters. The highest BCUT2D eigenvalue weighted by molar-refractivity contribution is 7.89. The van der Waals surface area contributed by atoms with E-state index in [2.05, 4.69) is 4.90 Å². The molecule has 0 radical (unpaired) electrons. The van der Waals surface area contributed by atoms with Crippen LogP contribution in [0.5, 0.6) is 0 Å². The zero-order valence-electron chi connectivity index (χ0n) is 15.2. The summed E-state index contributed by atoms with van der Waals surface area (Å²) in [6, 6.07) is 0. The molecule has 0 bridgehead atoms. The van der Waals surface area contributed by atoms with Crippen LogP contribution in [0.2, 0.25) is 0 Å². The van der Waals surface area contributed by atoms with Crippen LogP contribution in [-0.2, 0) is 24.3 Å². The monoisotopic (exact) mass is 377 g/mol. The molecule has 8 nitrogen and oxygen atoms in total. The normalized spacial score (nSPS) is 20.3. The lowest BCUT2D eigenvalue weighted by atomic mass is 10.3. The molecule has 0 saturated carbocycles. The third kappa shape index (κ3) is 6.82. The van der Waals surface area contributed by atoms with Crippen LogP contribution in [-0.4, -0.2) is 107 Å². The Labute approximate surface area is 151 Å². The van der Waals surface area contributed by atoms with Gasteiger partial charge in [0.05, 0.1) is 25.6 Å². The first kappa shape index (κ1) is 20.6. The molecule has 0 aromatic heterocycles. The first-order chi connectivity index (χ1) is 12.0. The maximum Gasteiger partial charge on any atom is 0.223 e. The summed E-state index contributed by atoms with van der Waals surface area (Å²) in [6.45, 7) is 5.70. The Bertz CT molecular complexity index is 500. The van der Waals surface area contributed by atoms with Crippen molar-refractivity contribution in [3.8, 4) is 0 Å². The predicted octanol–water partition coefficient (Wildman–Crippen LogP) is -0.391. The van der Waals surface area contributed by atoms with Crippen molar-refractivity contribution >= 4 is 15.9 Å². The highest BCUT2D eigenvalue weighted by Gasteiger charge is 2.28. The maximum atomic E-state index is 12.3. The molecule has 0 N–H and O–H groups in total. The van der Waals surface area contributed by atoms with Gasteiger partial charge in [-0.25, -0.2) is 8.42 Å². The summed E-state index contributed by atoms with van der Waals surface area (Å²) in [5, 5.41) is 0. The fourth-order valence-corrected chi connectivity index (χ4v) is 4.48. The van der Waals surface area contributed by atoms with E-state index in [1.165, 1.54) is 17.1 Å². The molecular weight excluding hydrogens is 346 g/mol. The zero-order chi connectivity index (χ0) is 18.1. The number of rotatable bonds is 10. The van der Waals surface area contributed by atoms with E-state index in [0.29, 0.717) is 45.8 Å². The third-order valence-electron chi connectivity index (χ3n) is 4.74. The smallest absolute Gasteiger partial charge is 0.223 e. The molecule has 0 unspecified atom stereocenters. The third-order valence-corrected chi connectivity index (χ3v) is 6.58. The fraction of sp³-hybridized carbons (Fsp3) is 0.938. The summed E-state index contributed by atoms with van der Waals surface area (Å²) in [5.74, 6) is 0.103. The number of sulfonamides is 1. The van der Waals surface area contributed by atoms with Crippen molar-refractivity contribution in [2.24, 2.45) is 0 Å². The van der Waals surface area contributed by atoms with Crippen LogP contribution in [0.1, 0.15) is 19.3 Å². The van der Waals surface area contributed by atoms with Gasteiger partial charge in [0, 0.05) is 46.3 Å². The van der Waals surface area contributed by atoms with E-state index >= 15 is 0 Å². The Hall–Kier alpha value is -0.740. The van der Waals surface area contributed by atoms with Gasteiger partial charge < -0.3 is 19.3 Å². The van der Waals surface area contributed by atoms with E-state index < -0.39 is 10.0 Å². The standard InChI is InChI=1S/C16H31N3O5S/c1-23-12-13-24-14-15-25(21,22)19-10-8-18(9-11-19)16(20)4-7-17-5-2-3-6-17/h2-15H2,1H3. The Morgan fingerprint density at radius 2 is 1.64 bits per heavy atom. The number of hydrogen-bond acceptors (Lipinski definition) is 6. The molecule has 2 fully saturated rings. The minimum absolute atomic E-state index is 0.0282. The van der Waals surface area contributed by atoms with Crippen LogP contribution < -0.4 is 0 Å². The molecule has 0 aliphatic carbocycles. The molecule has 9 heteroatoms. The van der Waals surface area contributed by atoms with E-state index in [4.69, 9.17) is 9.47 Å². The summed E-state index contributed by atoms with van der Waals surface area (Å²) in [7, 11) is -1.75. The van der Waals surface area contributed by atoms with Crippen molar-refractivity contribution in [1.29, 1.82) is 0 Å². The highest BCUT2D eigenvalue weighted by atomic mass is 32.2. The molecule has 2 heterocycles. The Kier molecular flexibility index (Phi) is 8.57. The highest BCUT2D eigenvalue weighted by Crippen LogP contribution is 2.11. The van der Waals surface area contributed by atoms with Gasteiger partial charge in [0.2, 0.25) is 15.9 Å². The van der Waals surface area contributed by atoms with Gasteiger partial charge >= 0.3 is 0 Å². The summed E-state index contributed by atoms with van der Waals surface area (Å²) in [6.07, 6.45) is 2.97. The molecule has 2 saturated heterocycles. The van der Waals surface area contributed by atoms with E-state index in [1.54, 1.807) is 12.0 Å². The topological polar surface area (TPSA) is 79.4 Å². The van der Waals surface area contributed by atoms with Crippen LogP contribution >= 0.6 is 0 Å². The van der Waals surface area contributed by atoms with Crippen LogP contribution in [0.4, 0.5) is 0 Å². The number of carbonyl (C=O) groups excluding carboxylic acids is 1. The quantitative estimate of drug-likeness (QED) is 0.483. The van der Waals surface area contributed by atoms with Crippen LogP contribution in [0, 0.1) is 0 Å². The average Bonchev–Trinajstić information content (AvgIpc) is 3.13. The lowest BCUT2D eigenvalue weighted by Crippen LogP contribution is -2.51. The maximum absolute atomic E-state index is 12.3. The first-order valence-electron chi connectivity index (χ1n) is 9.07. The second-order valence-electron chi connectivity index (χ2n) is 6.50. The summed E-state index contributed by atoms with van der Waals surface area (Å²) in [4.78, 5) is 16.4. The van der Waals surface area contributed by atoms with Crippen molar-refractivity contribution in [2.75, 3.05) is 78.5 Å². The summed E-state index contributed by atoms with van der Waals surface area (Å²) < 4.78 is 36.2. The number of ether oxygens (including phenoxy) is 2. The van der Waals surface area contributed by atoms with Gasteiger partial charge in [-0.3, -0.25) is 4.79 Å². The minimum atomic E-state index is -3.32. The Morgan fingerprint density at radius 1 is 0.960 bits per heavy atom. The van der Waals surface area contributed by atoms with Crippen molar-refractivity contribution in [1.82, 2.24) is 14.1 Å². The predicted molar refractivity (Wildman–Crippen MR) is 94.9 cm³/mol. The van der Waals surface area contributed by atoms with Gasteiger partial charge in [-0.1, -0.05) is 0 Å². The minimum Gasteiger partial charge on any atom is -0.382 e.